The molecule has 3 nitrogen and oxygen atoms in total. The molecule has 1 aliphatic carbocycles. The number of carbonyl (C=O) groups excluding carboxylic acids is 1. The van der Waals surface area contributed by atoms with Crippen molar-refractivity contribution >= 4 is 5.97 Å². The SMILES string of the molecule is C[C@@H](c1ccccc1)N(Cc1ccccc1)[C@H]1[C@H](Cc2ccccc2)CC[C@H]1C(=O)OC(C)(C)C. The molecule has 0 unspecified atom stereocenters. The molecule has 0 saturated heterocycles. The van der Waals surface area contributed by atoms with Crippen LogP contribution in [0.3, 0.4) is 0 Å². The lowest BCUT2D eigenvalue weighted by molar-refractivity contribution is -0.162. The molecular formula is C32H39NO2. The Hall–Kier alpha value is -2.91. The zero-order valence-electron chi connectivity index (χ0n) is 21.6. The van der Waals surface area contributed by atoms with Crippen molar-refractivity contribution in [1.82, 2.24) is 4.90 Å². The fourth-order valence-corrected chi connectivity index (χ4v) is 5.56. The van der Waals surface area contributed by atoms with Crippen molar-refractivity contribution < 1.29 is 9.53 Å². The fraction of sp³-hybridized carbons (Fsp3) is 0.406. The van der Waals surface area contributed by atoms with Crippen LogP contribution in [0.15, 0.2) is 91.0 Å². The molecular weight excluding hydrogens is 430 g/mol. The van der Waals surface area contributed by atoms with Gasteiger partial charge in [0.2, 0.25) is 0 Å². The maximum absolute atomic E-state index is 13.5. The molecule has 0 spiro atoms. The zero-order chi connectivity index (χ0) is 24.8. The third kappa shape index (κ3) is 6.61. The van der Waals surface area contributed by atoms with Gasteiger partial charge in [-0.1, -0.05) is 91.0 Å². The normalized spacial score (nSPS) is 21.1. The number of rotatable bonds is 8. The third-order valence-corrected chi connectivity index (χ3v) is 7.16. The quantitative estimate of drug-likeness (QED) is 0.326. The molecule has 0 amide bonds. The van der Waals surface area contributed by atoms with E-state index < -0.39 is 5.60 Å². The number of hydrogen-bond donors (Lipinski definition) is 0. The molecule has 1 saturated carbocycles. The van der Waals surface area contributed by atoms with Crippen LogP contribution in [-0.4, -0.2) is 22.5 Å². The number of esters is 1. The van der Waals surface area contributed by atoms with Gasteiger partial charge < -0.3 is 4.74 Å². The van der Waals surface area contributed by atoms with Crippen molar-refractivity contribution in [2.45, 2.75) is 71.2 Å². The number of hydrogen-bond acceptors (Lipinski definition) is 3. The summed E-state index contributed by atoms with van der Waals surface area (Å²) in [6.07, 6.45) is 2.86. The van der Waals surface area contributed by atoms with Crippen LogP contribution in [0.4, 0.5) is 0 Å². The Morgan fingerprint density at radius 1 is 0.857 bits per heavy atom. The van der Waals surface area contributed by atoms with Gasteiger partial charge in [-0.3, -0.25) is 9.69 Å². The molecule has 4 rings (SSSR count). The number of carbonyl (C=O) groups is 1. The molecule has 184 valence electrons. The highest BCUT2D eigenvalue weighted by atomic mass is 16.6. The van der Waals surface area contributed by atoms with Crippen molar-refractivity contribution in [2.75, 3.05) is 0 Å². The van der Waals surface area contributed by atoms with E-state index in [2.05, 4.69) is 103 Å². The Morgan fingerprint density at radius 2 is 1.40 bits per heavy atom. The van der Waals surface area contributed by atoms with E-state index >= 15 is 0 Å². The first kappa shape index (κ1) is 25.2. The maximum atomic E-state index is 13.5. The van der Waals surface area contributed by atoms with Gasteiger partial charge in [-0.25, -0.2) is 0 Å². The fourth-order valence-electron chi connectivity index (χ4n) is 5.56. The molecule has 0 N–H and O–H groups in total. The van der Waals surface area contributed by atoms with Crippen LogP contribution in [-0.2, 0) is 22.5 Å². The Labute approximate surface area is 211 Å². The summed E-state index contributed by atoms with van der Waals surface area (Å²) in [5.41, 5.74) is 3.38. The van der Waals surface area contributed by atoms with Gasteiger partial charge in [-0.05, 0) is 69.6 Å². The molecule has 0 radical (unpaired) electrons. The largest absolute Gasteiger partial charge is 0.460 e. The average molecular weight is 470 g/mol. The lowest BCUT2D eigenvalue weighted by Crippen LogP contribution is -2.47. The van der Waals surface area contributed by atoms with Crippen molar-refractivity contribution in [3.05, 3.63) is 108 Å². The van der Waals surface area contributed by atoms with Gasteiger partial charge in [0.15, 0.2) is 0 Å². The van der Waals surface area contributed by atoms with Crippen molar-refractivity contribution in [1.29, 1.82) is 0 Å². The van der Waals surface area contributed by atoms with E-state index in [9.17, 15) is 4.79 Å². The van der Waals surface area contributed by atoms with E-state index in [0.29, 0.717) is 5.92 Å². The van der Waals surface area contributed by atoms with E-state index in [1.54, 1.807) is 0 Å². The molecule has 0 bridgehead atoms. The number of benzene rings is 3. The van der Waals surface area contributed by atoms with Crippen LogP contribution in [0, 0.1) is 11.8 Å². The summed E-state index contributed by atoms with van der Waals surface area (Å²) < 4.78 is 5.97. The molecule has 0 aromatic heterocycles. The van der Waals surface area contributed by atoms with Crippen LogP contribution in [0.25, 0.3) is 0 Å². The van der Waals surface area contributed by atoms with Crippen LogP contribution < -0.4 is 0 Å². The van der Waals surface area contributed by atoms with Crippen LogP contribution in [0.5, 0.6) is 0 Å². The predicted octanol–water partition coefficient (Wildman–Crippen LogP) is 7.23. The monoisotopic (exact) mass is 469 g/mol. The second kappa shape index (κ2) is 11.2. The molecule has 4 atom stereocenters. The van der Waals surface area contributed by atoms with Crippen LogP contribution in [0.2, 0.25) is 0 Å². The van der Waals surface area contributed by atoms with E-state index in [1.165, 1.54) is 16.7 Å². The molecule has 35 heavy (non-hydrogen) atoms. The molecule has 1 aliphatic rings. The minimum atomic E-state index is -0.492. The first-order valence-corrected chi connectivity index (χ1v) is 12.9. The van der Waals surface area contributed by atoms with E-state index in [1.807, 2.05) is 20.8 Å². The van der Waals surface area contributed by atoms with Crippen LogP contribution >= 0.6 is 0 Å². The summed E-state index contributed by atoms with van der Waals surface area (Å²) in [6.45, 7) is 8.97. The standard InChI is InChI=1S/C32H39NO2/c1-24(27-18-12-7-13-19-27)33(23-26-16-10-6-11-17-26)30-28(22-25-14-8-5-9-15-25)20-21-29(30)31(34)35-32(2,3)4/h5-19,24,28-30H,20-23H2,1-4H3/t24-,28-,29+,30-/m0/s1. The predicted molar refractivity (Wildman–Crippen MR) is 143 cm³/mol. The van der Waals surface area contributed by atoms with E-state index in [4.69, 9.17) is 4.74 Å². The van der Waals surface area contributed by atoms with Crippen molar-refractivity contribution in [2.24, 2.45) is 11.8 Å². The minimum Gasteiger partial charge on any atom is -0.460 e. The smallest absolute Gasteiger partial charge is 0.311 e. The van der Waals surface area contributed by atoms with Gasteiger partial charge in [-0.2, -0.15) is 0 Å². The minimum absolute atomic E-state index is 0.0589. The lowest BCUT2D eigenvalue weighted by Gasteiger charge is -2.41. The summed E-state index contributed by atoms with van der Waals surface area (Å²) in [6, 6.07) is 32.3. The summed E-state index contributed by atoms with van der Waals surface area (Å²) in [7, 11) is 0. The van der Waals surface area contributed by atoms with Crippen LogP contribution in [0.1, 0.15) is 63.3 Å². The van der Waals surface area contributed by atoms with Crippen molar-refractivity contribution in [3.8, 4) is 0 Å². The van der Waals surface area contributed by atoms with E-state index in [-0.39, 0.29) is 24.0 Å². The van der Waals surface area contributed by atoms with Crippen molar-refractivity contribution in [3.63, 3.8) is 0 Å². The van der Waals surface area contributed by atoms with Gasteiger partial charge in [0.25, 0.3) is 0 Å². The van der Waals surface area contributed by atoms with Gasteiger partial charge >= 0.3 is 5.97 Å². The summed E-state index contributed by atoms with van der Waals surface area (Å²) in [5.74, 6) is 0.180. The van der Waals surface area contributed by atoms with E-state index in [0.717, 1.165) is 25.8 Å². The third-order valence-electron chi connectivity index (χ3n) is 7.16. The molecule has 3 aromatic carbocycles. The van der Waals surface area contributed by atoms with Gasteiger partial charge in [0, 0.05) is 18.6 Å². The van der Waals surface area contributed by atoms with Gasteiger partial charge in [0.1, 0.15) is 5.60 Å². The second-order valence-electron chi connectivity index (χ2n) is 10.9. The molecule has 0 aliphatic heterocycles. The highest BCUT2D eigenvalue weighted by molar-refractivity contribution is 5.74. The van der Waals surface area contributed by atoms with Gasteiger partial charge in [-0.15, -0.1) is 0 Å². The second-order valence-corrected chi connectivity index (χ2v) is 10.9. The Balaban J connectivity index is 1.72. The summed E-state index contributed by atoms with van der Waals surface area (Å²) in [5, 5.41) is 0. The first-order valence-electron chi connectivity index (χ1n) is 12.9. The summed E-state index contributed by atoms with van der Waals surface area (Å²) in [4.78, 5) is 16.1. The van der Waals surface area contributed by atoms with Gasteiger partial charge in [0.05, 0.1) is 5.92 Å². The highest BCUT2D eigenvalue weighted by Crippen LogP contribution is 2.42. The molecule has 3 aromatic rings. The molecule has 0 heterocycles. The first-order chi connectivity index (χ1) is 16.8. The number of nitrogens with zero attached hydrogens (tertiary/aromatic N) is 1. The average Bonchev–Trinajstić information content (AvgIpc) is 3.26. The highest BCUT2D eigenvalue weighted by Gasteiger charge is 2.46. The number of ether oxygens (including phenoxy) is 1. The zero-order valence-corrected chi connectivity index (χ0v) is 21.6. The Morgan fingerprint density at radius 3 is 1.97 bits per heavy atom. The lowest BCUT2D eigenvalue weighted by atomic mass is 9.88. The summed E-state index contributed by atoms with van der Waals surface area (Å²) >= 11 is 0. The maximum Gasteiger partial charge on any atom is 0.311 e. The molecule has 1 fully saturated rings. The Kier molecular flexibility index (Phi) is 8.07. The molecule has 3 heteroatoms. The Bertz CT molecular complexity index is 1060. The topological polar surface area (TPSA) is 29.5 Å².